The number of hydrogen-bond donors (Lipinski definition) is 1. The second kappa shape index (κ2) is 6.10. The Hall–Kier alpha value is -1.47. The number of nitriles is 1. The standard InChI is InChI=1S/C11H12F2N2/c12-10-3-4-11(13)9(7-10)8-15-6-2-1-5-14/h3-4,7,15H,1-2,6,8H2. The van der Waals surface area contributed by atoms with Gasteiger partial charge in [0, 0.05) is 18.5 Å². The highest BCUT2D eigenvalue weighted by atomic mass is 19.1. The molecule has 2 nitrogen and oxygen atoms in total. The van der Waals surface area contributed by atoms with Crippen LogP contribution in [0.3, 0.4) is 0 Å². The van der Waals surface area contributed by atoms with E-state index in [1.54, 1.807) is 0 Å². The van der Waals surface area contributed by atoms with Gasteiger partial charge in [0.1, 0.15) is 11.6 Å². The van der Waals surface area contributed by atoms with E-state index in [1.165, 1.54) is 6.07 Å². The van der Waals surface area contributed by atoms with Gasteiger partial charge in [-0.2, -0.15) is 5.26 Å². The van der Waals surface area contributed by atoms with Crippen molar-refractivity contribution in [3.05, 3.63) is 35.4 Å². The van der Waals surface area contributed by atoms with Crippen LogP contribution in [0.4, 0.5) is 8.78 Å². The van der Waals surface area contributed by atoms with Gasteiger partial charge in [0.2, 0.25) is 0 Å². The number of rotatable bonds is 5. The van der Waals surface area contributed by atoms with Crippen LogP contribution in [0.5, 0.6) is 0 Å². The largest absolute Gasteiger partial charge is 0.313 e. The van der Waals surface area contributed by atoms with Crippen molar-refractivity contribution in [2.24, 2.45) is 0 Å². The molecule has 0 amide bonds. The number of nitrogens with one attached hydrogen (secondary N) is 1. The molecule has 1 rings (SSSR count). The summed E-state index contributed by atoms with van der Waals surface area (Å²) in [5.74, 6) is -0.852. The van der Waals surface area contributed by atoms with Gasteiger partial charge < -0.3 is 5.32 Å². The molecule has 0 aliphatic rings. The highest BCUT2D eigenvalue weighted by molar-refractivity contribution is 5.18. The molecule has 0 bridgehead atoms. The molecular weight excluding hydrogens is 198 g/mol. The zero-order valence-electron chi connectivity index (χ0n) is 8.26. The van der Waals surface area contributed by atoms with Gasteiger partial charge in [-0.3, -0.25) is 0 Å². The highest BCUT2D eigenvalue weighted by Crippen LogP contribution is 2.08. The maximum atomic E-state index is 13.1. The molecule has 1 N–H and O–H groups in total. The van der Waals surface area contributed by atoms with E-state index in [2.05, 4.69) is 5.32 Å². The molecule has 0 aliphatic heterocycles. The molecule has 0 aliphatic carbocycles. The van der Waals surface area contributed by atoms with Crippen molar-refractivity contribution in [2.45, 2.75) is 19.4 Å². The fourth-order valence-electron chi connectivity index (χ4n) is 1.19. The number of nitrogens with zero attached hydrogens (tertiary/aromatic N) is 1. The second-order valence-electron chi connectivity index (χ2n) is 3.17. The van der Waals surface area contributed by atoms with Gasteiger partial charge in [0.25, 0.3) is 0 Å². The van der Waals surface area contributed by atoms with Gasteiger partial charge in [-0.05, 0) is 31.2 Å². The van der Waals surface area contributed by atoms with Crippen molar-refractivity contribution >= 4 is 0 Å². The van der Waals surface area contributed by atoms with Gasteiger partial charge in [-0.15, -0.1) is 0 Å². The fraction of sp³-hybridized carbons (Fsp3) is 0.364. The molecule has 0 unspecified atom stereocenters. The number of halogens is 2. The van der Waals surface area contributed by atoms with Gasteiger partial charge in [-0.25, -0.2) is 8.78 Å². The Morgan fingerprint density at radius 1 is 1.33 bits per heavy atom. The molecule has 4 heteroatoms. The molecule has 0 fully saturated rings. The Morgan fingerprint density at radius 3 is 2.87 bits per heavy atom. The summed E-state index contributed by atoms with van der Waals surface area (Å²) in [7, 11) is 0. The quantitative estimate of drug-likeness (QED) is 0.757. The van der Waals surface area contributed by atoms with Crippen LogP contribution in [0.1, 0.15) is 18.4 Å². The zero-order valence-corrected chi connectivity index (χ0v) is 8.26. The summed E-state index contributed by atoms with van der Waals surface area (Å²) in [6.07, 6.45) is 1.19. The van der Waals surface area contributed by atoms with Crippen LogP contribution in [0, 0.1) is 23.0 Å². The Morgan fingerprint density at radius 2 is 2.13 bits per heavy atom. The van der Waals surface area contributed by atoms with Crippen molar-refractivity contribution < 1.29 is 8.78 Å². The summed E-state index contributed by atoms with van der Waals surface area (Å²) < 4.78 is 25.8. The monoisotopic (exact) mass is 210 g/mol. The van der Waals surface area contributed by atoms with E-state index in [0.29, 0.717) is 24.9 Å². The summed E-state index contributed by atoms with van der Waals surface area (Å²) in [4.78, 5) is 0. The average molecular weight is 210 g/mol. The Bertz CT molecular complexity index is 358. The number of hydrogen-bond acceptors (Lipinski definition) is 2. The SMILES string of the molecule is N#CCCCNCc1cc(F)ccc1F. The molecule has 0 aromatic heterocycles. The summed E-state index contributed by atoms with van der Waals surface area (Å²) in [5.41, 5.74) is 0.312. The summed E-state index contributed by atoms with van der Waals surface area (Å²) in [5, 5.41) is 11.2. The van der Waals surface area contributed by atoms with Crippen LogP contribution in [-0.4, -0.2) is 6.54 Å². The molecular formula is C11H12F2N2. The van der Waals surface area contributed by atoms with Gasteiger partial charge in [-0.1, -0.05) is 0 Å². The van der Waals surface area contributed by atoms with Gasteiger partial charge >= 0.3 is 0 Å². The zero-order chi connectivity index (χ0) is 11.1. The Kier molecular flexibility index (Phi) is 4.72. The first kappa shape index (κ1) is 11.6. The molecule has 0 atom stereocenters. The molecule has 15 heavy (non-hydrogen) atoms. The molecule has 80 valence electrons. The minimum atomic E-state index is -0.440. The van der Waals surface area contributed by atoms with E-state index in [4.69, 9.17) is 5.26 Å². The van der Waals surface area contributed by atoms with Crippen molar-refractivity contribution in [3.8, 4) is 6.07 Å². The summed E-state index contributed by atoms with van der Waals surface area (Å²) in [6, 6.07) is 5.39. The van der Waals surface area contributed by atoms with Gasteiger partial charge in [0.15, 0.2) is 0 Å². The van der Waals surface area contributed by atoms with E-state index < -0.39 is 11.6 Å². The summed E-state index contributed by atoms with van der Waals surface area (Å²) >= 11 is 0. The van der Waals surface area contributed by atoms with E-state index in [9.17, 15) is 8.78 Å². The maximum absolute atomic E-state index is 13.1. The first-order chi connectivity index (χ1) is 7.24. The molecule has 0 radical (unpaired) electrons. The van der Waals surface area contributed by atoms with Crippen LogP contribution >= 0.6 is 0 Å². The predicted molar refractivity (Wildman–Crippen MR) is 52.9 cm³/mol. The average Bonchev–Trinajstić information content (AvgIpc) is 2.23. The van der Waals surface area contributed by atoms with Crippen LogP contribution in [0.2, 0.25) is 0 Å². The molecule has 0 heterocycles. The lowest BCUT2D eigenvalue weighted by Crippen LogP contribution is -2.15. The third-order valence-electron chi connectivity index (χ3n) is 1.97. The molecule has 1 aromatic rings. The lowest BCUT2D eigenvalue weighted by Gasteiger charge is -2.04. The first-order valence-electron chi connectivity index (χ1n) is 4.75. The van der Waals surface area contributed by atoms with Crippen LogP contribution in [-0.2, 0) is 6.54 Å². The lowest BCUT2D eigenvalue weighted by atomic mass is 10.2. The van der Waals surface area contributed by atoms with E-state index >= 15 is 0 Å². The first-order valence-corrected chi connectivity index (χ1v) is 4.75. The number of benzene rings is 1. The predicted octanol–water partition coefficient (Wildman–Crippen LogP) is 2.36. The highest BCUT2D eigenvalue weighted by Gasteiger charge is 2.02. The molecule has 0 saturated heterocycles. The van der Waals surface area contributed by atoms with Crippen molar-refractivity contribution in [1.82, 2.24) is 5.32 Å². The molecule has 0 saturated carbocycles. The maximum Gasteiger partial charge on any atom is 0.127 e. The van der Waals surface area contributed by atoms with Crippen molar-refractivity contribution in [3.63, 3.8) is 0 Å². The third-order valence-corrected chi connectivity index (χ3v) is 1.97. The van der Waals surface area contributed by atoms with E-state index in [0.717, 1.165) is 12.1 Å². The second-order valence-corrected chi connectivity index (χ2v) is 3.17. The minimum absolute atomic E-state index is 0.287. The van der Waals surface area contributed by atoms with Crippen molar-refractivity contribution in [2.75, 3.05) is 6.54 Å². The minimum Gasteiger partial charge on any atom is -0.313 e. The van der Waals surface area contributed by atoms with Crippen molar-refractivity contribution in [1.29, 1.82) is 5.26 Å². The van der Waals surface area contributed by atoms with Crippen LogP contribution in [0.15, 0.2) is 18.2 Å². The van der Waals surface area contributed by atoms with E-state index in [1.807, 2.05) is 6.07 Å². The van der Waals surface area contributed by atoms with Gasteiger partial charge in [0.05, 0.1) is 6.07 Å². The Balaban J connectivity index is 2.37. The molecule has 0 spiro atoms. The number of unbranched alkanes of at least 4 members (excludes halogenated alkanes) is 1. The Labute approximate surface area is 87.5 Å². The fourth-order valence-corrected chi connectivity index (χ4v) is 1.19. The van der Waals surface area contributed by atoms with Crippen LogP contribution < -0.4 is 5.32 Å². The molecule has 1 aromatic carbocycles. The third kappa shape index (κ3) is 4.05. The topological polar surface area (TPSA) is 35.8 Å². The van der Waals surface area contributed by atoms with E-state index in [-0.39, 0.29) is 6.54 Å². The lowest BCUT2D eigenvalue weighted by molar-refractivity contribution is 0.566. The summed E-state index contributed by atoms with van der Waals surface area (Å²) in [6.45, 7) is 0.915. The van der Waals surface area contributed by atoms with Crippen LogP contribution in [0.25, 0.3) is 0 Å². The smallest absolute Gasteiger partial charge is 0.127 e. The normalized spacial score (nSPS) is 9.93.